The van der Waals surface area contributed by atoms with Gasteiger partial charge in [-0.15, -0.1) is 0 Å². The van der Waals surface area contributed by atoms with Crippen LogP contribution in [0, 0.1) is 11.7 Å². The van der Waals surface area contributed by atoms with Gasteiger partial charge in [-0.05, 0) is 73.7 Å². The molecule has 1 N–H and O–H groups in total. The lowest BCUT2D eigenvalue weighted by atomic mass is 9.92. The van der Waals surface area contributed by atoms with Crippen molar-refractivity contribution < 1.29 is 18.7 Å². The number of anilines is 1. The van der Waals surface area contributed by atoms with Crippen LogP contribution in [0.15, 0.2) is 60.9 Å². The summed E-state index contributed by atoms with van der Waals surface area (Å²) in [5, 5.41) is 0.938. The van der Waals surface area contributed by atoms with Gasteiger partial charge in [0.05, 0.1) is 11.8 Å². The number of hydrogen-bond donors (Lipinski definition) is 1. The van der Waals surface area contributed by atoms with E-state index >= 15 is 0 Å². The number of amides is 1. The van der Waals surface area contributed by atoms with Crippen molar-refractivity contribution in [1.82, 2.24) is 19.8 Å². The number of carbonyl (C=O) groups excluding carboxylic acids is 2. The molecule has 2 aromatic carbocycles. The largest absolute Gasteiger partial charge is 0.455 e. The normalized spacial score (nSPS) is 19.1. The van der Waals surface area contributed by atoms with Crippen molar-refractivity contribution >= 4 is 28.4 Å². The number of aromatic nitrogens is 2. The monoisotopic (exact) mass is 567 g/mol. The van der Waals surface area contributed by atoms with Gasteiger partial charge < -0.3 is 19.5 Å². The molecule has 1 atom stereocenters. The summed E-state index contributed by atoms with van der Waals surface area (Å²) >= 11 is 0. The number of ether oxygens (including phenoxy) is 1. The molecule has 8 nitrogen and oxygen atoms in total. The third-order valence-electron chi connectivity index (χ3n) is 8.77. The number of hydrogen-bond acceptors (Lipinski definition) is 6. The lowest BCUT2D eigenvalue weighted by Gasteiger charge is -2.42. The van der Waals surface area contributed by atoms with Crippen molar-refractivity contribution in [3.05, 3.63) is 83.4 Å². The second-order valence-electron chi connectivity index (χ2n) is 11.7. The molecule has 2 aliphatic heterocycles. The quantitative estimate of drug-likeness (QED) is 0.310. The number of rotatable bonds is 7. The van der Waals surface area contributed by atoms with Crippen LogP contribution in [0.25, 0.3) is 11.0 Å². The SMILES string of the molecule is CC(=O)c1ccc(N2CCN(CC3Cc4cc(F)ccc4CN3C(=O)C3CC3)CC2)cc1Oc1cnc2[nH]ccc2c1. The first-order valence-corrected chi connectivity index (χ1v) is 14.7. The highest BCUT2D eigenvalue weighted by Gasteiger charge is 2.39. The van der Waals surface area contributed by atoms with Gasteiger partial charge in [0, 0.05) is 74.6 Å². The van der Waals surface area contributed by atoms with Crippen LogP contribution in [0.2, 0.25) is 0 Å². The van der Waals surface area contributed by atoms with Gasteiger partial charge in [-0.1, -0.05) is 6.07 Å². The molecule has 0 bridgehead atoms. The molecular formula is C33H34FN5O3. The minimum atomic E-state index is -0.219. The number of carbonyl (C=O) groups is 2. The number of nitrogens with zero attached hydrogens (tertiary/aromatic N) is 4. The number of benzene rings is 2. The highest BCUT2D eigenvalue weighted by molar-refractivity contribution is 5.97. The van der Waals surface area contributed by atoms with Crippen molar-refractivity contribution in [2.45, 2.75) is 38.8 Å². The van der Waals surface area contributed by atoms with Gasteiger partial charge in [0.1, 0.15) is 23.0 Å². The van der Waals surface area contributed by atoms with Gasteiger partial charge >= 0.3 is 0 Å². The number of pyridine rings is 1. The Bertz CT molecular complexity index is 1660. The zero-order valence-corrected chi connectivity index (χ0v) is 23.7. The Labute approximate surface area is 244 Å². The molecule has 42 heavy (non-hydrogen) atoms. The number of piperazine rings is 1. The average molecular weight is 568 g/mol. The van der Waals surface area contributed by atoms with Crippen molar-refractivity contribution in [3.63, 3.8) is 0 Å². The van der Waals surface area contributed by atoms with Crippen molar-refractivity contribution in [1.29, 1.82) is 0 Å². The van der Waals surface area contributed by atoms with Crippen LogP contribution in [-0.4, -0.2) is 70.2 Å². The summed E-state index contributed by atoms with van der Waals surface area (Å²) in [6, 6.07) is 14.6. The number of halogens is 1. The minimum Gasteiger partial charge on any atom is -0.455 e. The molecule has 1 saturated heterocycles. The molecule has 7 rings (SSSR count). The maximum absolute atomic E-state index is 14.0. The van der Waals surface area contributed by atoms with E-state index in [0.29, 0.717) is 30.0 Å². The molecule has 1 amide bonds. The van der Waals surface area contributed by atoms with E-state index in [1.54, 1.807) is 19.2 Å². The van der Waals surface area contributed by atoms with Crippen LogP contribution in [0.5, 0.6) is 11.5 Å². The van der Waals surface area contributed by atoms with Crippen LogP contribution in [0.4, 0.5) is 10.1 Å². The van der Waals surface area contributed by atoms with E-state index in [4.69, 9.17) is 4.74 Å². The third kappa shape index (κ3) is 5.36. The molecule has 3 aliphatic rings. The number of aromatic amines is 1. The van der Waals surface area contributed by atoms with Crippen molar-refractivity contribution in [3.8, 4) is 11.5 Å². The van der Waals surface area contributed by atoms with E-state index in [1.165, 1.54) is 6.07 Å². The smallest absolute Gasteiger partial charge is 0.226 e. The first kappa shape index (κ1) is 26.6. The number of H-pyrrole nitrogens is 1. The highest BCUT2D eigenvalue weighted by atomic mass is 19.1. The average Bonchev–Trinajstić information content (AvgIpc) is 3.74. The standard InChI is InChI=1S/C33H34FN5O3/c1-21(40)30-7-6-27(17-31(30)42-29-16-23-8-9-35-32(23)36-18-29)38-12-10-37(11-13-38)20-28-15-25-14-26(34)5-4-24(25)19-39(28)33(41)22-2-3-22/h4-9,14,16-18,22,28H,2-3,10-13,15,19-20H2,1H3,(H,35,36). The highest BCUT2D eigenvalue weighted by Crippen LogP contribution is 2.35. The Morgan fingerprint density at radius 2 is 1.86 bits per heavy atom. The molecule has 0 spiro atoms. The molecule has 4 aromatic rings. The summed E-state index contributed by atoms with van der Waals surface area (Å²) in [6.07, 6.45) is 6.12. The zero-order chi connectivity index (χ0) is 28.8. The van der Waals surface area contributed by atoms with Gasteiger partial charge in [-0.2, -0.15) is 0 Å². The fraction of sp³-hybridized carbons (Fsp3) is 0.364. The predicted molar refractivity (Wildman–Crippen MR) is 158 cm³/mol. The Kier molecular flexibility index (Phi) is 6.90. The van der Waals surface area contributed by atoms with E-state index in [2.05, 4.69) is 19.8 Å². The summed E-state index contributed by atoms with van der Waals surface area (Å²) in [4.78, 5) is 39.8. The second-order valence-corrected chi connectivity index (χ2v) is 11.7. The molecule has 0 radical (unpaired) electrons. The summed E-state index contributed by atoms with van der Waals surface area (Å²) < 4.78 is 20.2. The Balaban J connectivity index is 1.04. The molecule has 9 heteroatoms. The van der Waals surface area contributed by atoms with Gasteiger partial charge in [-0.3, -0.25) is 14.5 Å². The number of fused-ring (bicyclic) bond motifs is 2. The summed E-state index contributed by atoms with van der Waals surface area (Å²) in [5.41, 5.74) is 4.38. The molecule has 1 saturated carbocycles. The molecule has 1 unspecified atom stereocenters. The fourth-order valence-electron chi connectivity index (χ4n) is 6.27. The number of nitrogens with one attached hydrogen (secondary N) is 1. The maximum atomic E-state index is 14.0. The van der Waals surface area contributed by atoms with E-state index in [0.717, 1.165) is 73.4 Å². The van der Waals surface area contributed by atoms with Crippen LogP contribution in [0.1, 0.15) is 41.3 Å². The van der Waals surface area contributed by atoms with Crippen LogP contribution in [0.3, 0.4) is 0 Å². The molecule has 4 heterocycles. The first-order valence-electron chi connectivity index (χ1n) is 14.7. The fourth-order valence-corrected chi connectivity index (χ4v) is 6.27. The van der Waals surface area contributed by atoms with Crippen LogP contribution in [-0.2, 0) is 17.8 Å². The van der Waals surface area contributed by atoms with E-state index in [-0.39, 0.29) is 29.5 Å². The van der Waals surface area contributed by atoms with E-state index in [1.807, 2.05) is 47.5 Å². The number of ketones is 1. The molecular weight excluding hydrogens is 533 g/mol. The van der Waals surface area contributed by atoms with Gasteiger partial charge in [0.25, 0.3) is 0 Å². The van der Waals surface area contributed by atoms with Crippen molar-refractivity contribution in [2.75, 3.05) is 37.6 Å². The molecule has 216 valence electrons. The van der Waals surface area contributed by atoms with Crippen molar-refractivity contribution in [2.24, 2.45) is 5.92 Å². The van der Waals surface area contributed by atoms with Gasteiger partial charge in [-0.25, -0.2) is 9.37 Å². The topological polar surface area (TPSA) is 81.8 Å². The molecule has 2 fully saturated rings. The Hall–Kier alpha value is -4.24. The second kappa shape index (κ2) is 10.9. The van der Waals surface area contributed by atoms with E-state index in [9.17, 15) is 14.0 Å². The number of Topliss-reactive ketones (excluding diaryl/α,β-unsaturated/α-hetero) is 1. The first-order chi connectivity index (χ1) is 20.4. The summed E-state index contributed by atoms with van der Waals surface area (Å²) in [6.45, 7) is 6.19. The maximum Gasteiger partial charge on any atom is 0.226 e. The van der Waals surface area contributed by atoms with E-state index < -0.39 is 0 Å². The zero-order valence-electron chi connectivity index (χ0n) is 23.7. The Morgan fingerprint density at radius 3 is 2.64 bits per heavy atom. The lowest BCUT2D eigenvalue weighted by molar-refractivity contribution is -0.136. The van der Waals surface area contributed by atoms with Gasteiger partial charge in [0.2, 0.25) is 5.91 Å². The minimum absolute atomic E-state index is 0.0415. The summed E-state index contributed by atoms with van der Waals surface area (Å²) in [7, 11) is 0. The molecule has 1 aliphatic carbocycles. The Morgan fingerprint density at radius 1 is 1.02 bits per heavy atom. The predicted octanol–water partition coefficient (Wildman–Crippen LogP) is 5.18. The third-order valence-corrected chi connectivity index (χ3v) is 8.77. The lowest BCUT2D eigenvalue weighted by Crippen LogP contribution is -2.54. The van der Waals surface area contributed by atoms with Gasteiger partial charge in [0.15, 0.2) is 5.78 Å². The molecule has 2 aromatic heterocycles. The van der Waals surface area contributed by atoms with Crippen LogP contribution < -0.4 is 9.64 Å². The summed E-state index contributed by atoms with van der Waals surface area (Å²) in [5.74, 6) is 1.21. The van der Waals surface area contributed by atoms with Crippen LogP contribution >= 0.6 is 0 Å².